The van der Waals surface area contributed by atoms with Crippen molar-refractivity contribution < 1.29 is 9.53 Å². The summed E-state index contributed by atoms with van der Waals surface area (Å²) in [5.74, 6) is 0.563. The molecule has 1 aromatic heterocycles. The lowest BCUT2D eigenvalue weighted by atomic mass is 10.2. The van der Waals surface area contributed by atoms with Gasteiger partial charge in [0.25, 0.3) is 0 Å². The van der Waals surface area contributed by atoms with Crippen molar-refractivity contribution in [3.05, 3.63) is 51.7 Å². The highest BCUT2D eigenvalue weighted by Crippen LogP contribution is 2.17. The summed E-state index contributed by atoms with van der Waals surface area (Å²) >= 11 is 1.46. The van der Waals surface area contributed by atoms with Gasteiger partial charge in [0.05, 0.1) is 16.5 Å². The number of carbonyl (C=O) groups excluding carboxylic acids is 1. The molecular formula is C14H11NO2S. The van der Waals surface area contributed by atoms with Crippen LogP contribution >= 0.6 is 11.3 Å². The molecule has 0 saturated carbocycles. The Kier molecular flexibility index (Phi) is 3.75. The van der Waals surface area contributed by atoms with Crippen LogP contribution in [0.2, 0.25) is 0 Å². The Hall–Kier alpha value is -2.12. The predicted molar refractivity (Wildman–Crippen MR) is 70.0 cm³/mol. The van der Waals surface area contributed by atoms with Crippen molar-refractivity contribution in [3.8, 4) is 11.8 Å². The van der Waals surface area contributed by atoms with Crippen molar-refractivity contribution in [1.29, 1.82) is 5.26 Å². The number of ether oxygens (including phenoxy) is 1. The molecule has 0 spiro atoms. The van der Waals surface area contributed by atoms with Crippen LogP contribution in [0, 0.1) is 18.3 Å². The highest BCUT2D eigenvalue weighted by Gasteiger charge is 2.08. The molecule has 4 heteroatoms. The molecule has 2 aromatic rings. The number of aryl methyl sites for hydroxylation is 1. The zero-order chi connectivity index (χ0) is 13.0. The molecule has 18 heavy (non-hydrogen) atoms. The molecule has 90 valence electrons. The molecule has 0 unspecified atom stereocenters. The first-order valence-electron chi connectivity index (χ1n) is 5.41. The minimum absolute atomic E-state index is 0.0197. The van der Waals surface area contributed by atoms with Gasteiger partial charge in [0.2, 0.25) is 5.78 Å². The van der Waals surface area contributed by atoms with Crippen LogP contribution in [0.4, 0.5) is 0 Å². The second kappa shape index (κ2) is 5.48. The third-order valence-electron chi connectivity index (χ3n) is 2.37. The van der Waals surface area contributed by atoms with Gasteiger partial charge in [-0.3, -0.25) is 4.79 Å². The number of Topliss-reactive ketones (excluding diaryl/α,β-unsaturated/α-hetero) is 1. The summed E-state index contributed by atoms with van der Waals surface area (Å²) in [5.41, 5.74) is 0.572. The summed E-state index contributed by atoms with van der Waals surface area (Å²) in [7, 11) is 0. The quantitative estimate of drug-likeness (QED) is 0.790. The number of nitrogens with zero attached hydrogens (tertiary/aromatic N) is 1. The van der Waals surface area contributed by atoms with Gasteiger partial charge in [0.15, 0.2) is 6.61 Å². The molecule has 0 atom stereocenters. The molecular weight excluding hydrogens is 246 g/mol. The molecule has 3 nitrogen and oxygen atoms in total. The Morgan fingerprint density at radius 1 is 1.28 bits per heavy atom. The van der Waals surface area contributed by atoms with Crippen LogP contribution < -0.4 is 4.74 Å². The van der Waals surface area contributed by atoms with Crippen LogP contribution in [0.15, 0.2) is 36.4 Å². The summed E-state index contributed by atoms with van der Waals surface area (Å²) < 4.78 is 5.38. The van der Waals surface area contributed by atoms with Crippen molar-refractivity contribution in [2.45, 2.75) is 6.92 Å². The molecule has 0 bridgehead atoms. The average molecular weight is 257 g/mol. The fraction of sp³-hybridized carbons (Fsp3) is 0.143. The van der Waals surface area contributed by atoms with Crippen molar-refractivity contribution in [2.24, 2.45) is 0 Å². The fourth-order valence-corrected chi connectivity index (χ4v) is 2.22. The molecule has 2 rings (SSSR count). The maximum absolute atomic E-state index is 11.8. The number of rotatable bonds is 4. The number of thiophene rings is 1. The minimum atomic E-state index is -0.0301. The van der Waals surface area contributed by atoms with E-state index in [2.05, 4.69) is 0 Å². The first-order valence-corrected chi connectivity index (χ1v) is 6.23. The Morgan fingerprint density at radius 2 is 2.00 bits per heavy atom. The third-order valence-corrected chi connectivity index (χ3v) is 3.41. The van der Waals surface area contributed by atoms with Gasteiger partial charge in [-0.2, -0.15) is 5.26 Å². The van der Waals surface area contributed by atoms with E-state index in [0.29, 0.717) is 16.2 Å². The van der Waals surface area contributed by atoms with E-state index in [4.69, 9.17) is 10.00 Å². The summed E-state index contributed by atoms with van der Waals surface area (Å²) in [6.07, 6.45) is 0. The summed E-state index contributed by atoms with van der Waals surface area (Å²) in [6, 6.07) is 12.4. The molecule has 0 saturated heterocycles. The van der Waals surface area contributed by atoms with E-state index in [0.717, 1.165) is 4.88 Å². The van der Waals surface area contributed by atoms with Gasteiger partial charge in [-0.1, -0.05) is 0 Å². The SMILES string of the molecule is Cc1ccc(C(=O)COc2ccc(C#N)cc2)s1. The molecule has 1 aromatic carbocycles. The van der Waals surface area contributed by atoms with Crippen LogP contribution in [-0.4, -0.2) is 12.4 Å². The van der Waals surface area contributed by atoms with E-state index in [1.165, 1.54) is 11.3 Å². The Labute approximate surface area is 109 Å². The van der Waals surface area contributed by atoms with Gasteiger partial charge in [-0.05, 0) is 43.3 Å². The van der Waals surface area contributed by atoms with Crippen LogP contribution in [0.25, 0.3) is 0 Å². The summed E-state index contributed by atoms with van der Waals surface area (Å²) in [6.45, 7) is 1.98. The van der Waals surface area contributed by atoms with E-state index in [1.54, 1.807) is 24.3 Å². The zero-order valence-corrected chi connectivity index (χ0v) is 10.7. The summed E-state index contributed by atoms with van der Waals surface area (Å²) in [4.78, 5) is 13.6. The smallest absolute Gasteiger partial charge is 0.210 e. The van der Waals surface area contributed by atoms with Gasteiger partial charge in [-0.25, -0.2) is 0 Å². The third kappa shape index (κ3) is 2.96. The lowest BCUT2D eigenvalue weighted by Gasteiger charge is -2.04. The zero-order valence-electron chi connectivity index (χ0n) is 9.84. The van der Waals surface area contributed by atoms with Gasteiger partial charge in [-0.15, -0.1) is 11.3 Å². The summed E-state index contributed by atoms with van der Waals surface area (Å²) in [5, 5.41) is 8.65. The number of ketones is 1. The molecule has 0 aliphatic rings. The molecule has 0 fully saturated rings. The fourth-order valence-electron chi connectivity index (χ4n) is 1.43. The maximum Gasteiger partial charge on any atom is 0.210 e. The van der Waals surface area contributed by atoms with Gasteiger partial charge in [0, 0.05) is 4.88 Å². The van der Waals surface area contributed by atoms with Crippen LogP contribution in [-0.2, 0) is 0 Å². The molecule has 0 amide bonds. The second-order valence-electron chi connectivity index (χ2n) is 3.76. The van der Waals surface area contributed by atoms with Crippen LogP contribution in [0.5, 0.6) is 5.75 Å². The van der Waals surface area contributed by atoms with E-state index < -0.39 is 0 Å². The number of hydrogen-bond donors (Lipinski definition) is 0. The normalized spacial score (nSPS) is 9.78. The average Bonchev–Trinajstić information content (AvgIpc) is 2.83. The van der Waals surface area contributed by atoms with E-state index in [9.17, 15) is 4.79 Å². The largest absolute Gasteiger partial charge is 0.485 e. The number of benzene rings is 1. The number of carbonyl (C=O) groups is 1. The van der Waals surface area contributed by atoms with Crippen molar-refractivity contribution in [3.63, 3.8) is 0 Å². The van der Waals surface area contributed by atoms with Crippen molar-refractivity contribution in [2.75, 3.05) is 6.61 Å². The molecule has 0 aliphatic carbocycles. The molecule has 0 radical (unpaired) electrons. The van der Waals surface area contributed by atoms with Gasteiger partial charge < -0.3 is 4.74 Å². The van der Waals surface area contributed by atoms with Crippen molar-refractivity contribution >= 4 is 17.1 Å². The Balaban J connectivity index is 1.95. The number of nitriles is 1. The molecule has 1 heterocycles. The topological polar surface area (TPSA) is 50.1 Å². The van der Waals surface area contributed by atoms with E-state index >= 15 is 0 Å². The first kappa shape index (κ1) is 12.3. The highest BCUT2D eigenvalue weighted by molar-refractivity contribution is 7.14. The molecule has 0 N–H and O–H groups in total. The van der Waals surface area contributed by atoms with Gasteiger partial charge in [0.1, 0.15) is 5.75 Å². The standard InChI is InChI=1S/C14H11NO2S/c1-10-2-7-14(18-10)13(16)9-17-12-5-3-11(8-15)4-6-12/h2-7H,9H2,1H3. The Morgan fingerprint density at radius 3 is 2.56 bits per heavy atom. The maximum atomic E-state index is 11.8. The Bertz CT molecular complexity index is 593. The lowest BCUT2D eigenvalue weighted by molar-refractivity contribution is 0.0925. The lowest BCUT2D eigenvalue weighted by Crippen LogP contribution is -2.09. The van der Waals surface area contributed by atoms with E-state index in [1.807, 2.05) is 25.1 Å². The van der Waals surface area contributed by atoms with Crippen LogP contribution in [0.1, 0.15) is 20.1 Å². The first-order chi connectivity index (χ1) is 8.69. The highest BCUT2D eigenvalue weighted by atomic mass is 32.1. The molecule has 0 aliphatic heterocycles. The monoisotopic (exact) mass is 257 g/mol. The van der Waals surface area contributed by atoms with Crippen LogP contribution in [0.3, 0.4) is 0 Å². The predicted octanol–water partition coefficient (Wildman–Crippen LogP) is 3.19. The van der Waals surface area contributed by atoms with Crippen molar-refractivity contribution in [1.82, 2.24) is 0 Å². The minimum Gasteiger partial charge on any atom is -0.485 e. The van der Waals surface area contributed by atoms with E-state index in [-0.39, 0.29) is 12.4 Å². The van der Waals surface area contributed by atoms with Gasteiger partial charge >= 0.3 is 0 Å². The number of hydrogen-bond acceptors (Lipinski definition) is 4. The second-order valence-corrected chi connectivity index (χ2v) is 5.05.